The van der Waals surface area contributed by atoms with Gasteiger partial charge < -0.3 is 21.3 Å². The second kappa shape index (κ2) is 15.3. The van der Waals surface area contributed by atoms with Crippen molar-refractivity contribution in [2.24, 2.45) is 11.1 Å². The van der Waals surface area contributed by atoms with E-state index in [0.717, 1.165) is 12.2 Å². The molecule has 1 aromatic rings. The highest BCUT2D eigenvalue weighted by Gasteiger charge is 2.53. The van der Waals surface area contributed by atoms with Gasteiger partial charge in [-0.1, -0.05) is 65.8 Å². The summed E-state index contributed by atoms with van der Waals surface area (Å²) in [5.41, 5.74) is 8.35. The van der Waals surface area contributed by atoms with Crippen molar-refractivity contribution < 1.29 is 14.4 Å². The topological polar surface area (TPSA) is 105 Å². The number of benzene rings is 1. The number of thioether (sulfide) groups is 1. The molecule has 0 radical (unpaired) electrons. The van der Waals surface area contributed by atoms with Crippen molar-refractivity contribution in [3.05, 3.63) is 35.4 Å². The molecular weight excluding hydrogens is 472 g/mol. The van der Waals surface area contributed by atoms with E-state index < -0.39 is 18.0 Å². The van der Waals surface area contributed by atoms with E-state index in [0.29, 0.717) is 6.42 Å². The monoisotopic (exact) mass is 520 g/mol. The number of nitrogens with two attached hydrogens (primary N) is 1. The molecule has 4 rings (SSSR count). The molecule has 7 nitrogen and oxygen atoms in total. The Balaban J connectivity index is 0.000000410. The van der Waals surface area contributed by atoms with Crippen LogP contribution in [-0.4, -0.2) is 58.9 Å². The molecule has 2 aliphatic heterocycles. The molecule has 4 N–H and O–H groups in total. The van der Waals surface area contributed by atoms with E-state index in [9.17, 15) is 14.4 Å². The van der Waals surface area contributed by atoms with Crippen molar-refractivity contribution >= 4 is 29.5 Å². The fraction of sp³-hybridized carbons (Fsp3) is 0.679. The molecule has 8 heteroatoms. The molecule has 204 valence electrons. The number of nitrogens with one attached hydrogen (secondary N) is 2. The van der Waals surface area contributed by atoms with Crippen LogP contribution in [-0.2, 0) is 27.2 Å². The maximum atomic E-state index is 12.9. The lowest BCUT2D eigenvalue weighted by molar-refractivity contribution is -0.142. The van der Waals surface area contributed by atoms with Crippen LogP contribution < -0.4 is 16.4 Å². The Morgan fingerprint density at radius 3 is 2.17 bits per heavy atom. The number of amides is 3. The normalized spacial score (nSPS) is 24.2. The molecule has 2 fully saturated rings. The number of fused-ring (bicyclic) bond motifs is 2. The van der Waals surface area contributed by atoms with Gasteiger partial charge in [-0.15, -0.1) is 11.8 Å². The predicted octanol–water partition coefficient (Wildman–Crippen LogP) is 3.88. The molecule has 2 heterocycles. The number of carbonyl (C=O) groups is 3. The lowest BCUT2D eigenvalue weighted by Crippen LogP contribution is -2.57. The Bertz CT molecular complexity index is 838. The molecule has 1 aromatic carbocycles. The zero-order valence-electron chi connectivity index (χ0n) is 23.5. The fourth-order valence-electron chi connectivity index (χ4n) is 4.84. The number of hydrogen-bond donors (Lipinski definition) is 3. The summed E-state index contributed by atoms with van der Waals surface area (Å²) >= 11 is 1.66. The zero-order valence-corrected chi connectivity index (χ0v) is 24.3. The summed E-state index contributed by atoms with van der Waals surface area (Å²) < 4.78 is 0. The third-order valence-corrected chi connectivity index (χ3v) is 7.97. The van der Waals surface area contributed by atoms with Gasteiger partial charge in [0.25, 0.3) is 0 Å². The van der Waals surface area contributed by atoms with Crippen LogP contribution in [0, 0.1) is 5.41 Å². The standard InChI is InChI=1S/C15H26N4O3S.C9H10.2C2H6/c1-8(17-4)13(21)18-9-5-6-23-10-7-15(2,3)11(12(16)20)19(10)14(9)22;1-2-5-9-7-3-6-8(9)4-1;2*1-2/h8-11,17H,5-7H2,1-4H3,(H2,16,20)(H,18,21);1-2,4-5H,3,6-7H2;2*1-2H3/t8-,9?,10-,11?;;;/m0.../s1. The fourth-order valence-corrected chi connectivity index (χ4v) is 6.41. The molecule has 2 saturated heterocycles. The van der Waals surface area contributed by atoms with Crippen LogP contribution in [0.1, 0.15) is 78.9 Å². The number of nitrogens with zero attached hydrogens (tertiary/aromatic N) is 1. The SMILES string of the molecule is CC.CC.CN[C@@H](C)C(=O)NC1CCS[C@H]2CC(C)(C)C(C(N)=O)N2C1=O.c1ccc2c(c1)CCC2. The van der Waals surface area contributed by atoms with Gasteiger partial charge >= 0.3 is 0 Å². The first kappa shape index (κ1) is 32.0. The second-order valence-corrected chi connectivity index (χ2v) is 10.8. The van der Waals surface area contributed by atoms with Crippen molar-refractivity contribution in [3.8, 4) is 0 Å². The maximum Gasteiger partial charge on any atom is 0.246 e. The van der Waals surface area contributed by atoms with Crippen molar-refractivity contribution in [2.75, 3.05) is 12.8 Å². The van der Waals surface area contributed by atoms with Gasteiger partial charge in [-0.3, -0.25) is 14.4 Å². The summed E-state index contributed by atoms with van der Waals surface area (Å²) in [6.07, 6.45) is 5.25. The minimum absolute atomic E-state index is 0.0568. The number of aryl methyl sites for hydroxylation is 2. The minimum atomic E-state index is -0.633. The average Bonchev–Trinajstić information content (AvgIpc) is 3.42. The average molecular weight is 521 g/mol. The van der Waals surface area contributed by atoms with Gasteiger partial charge in [0.15, 0.2) is 0 Å². The molecule has 0 bridgehead atoms. The van der Waals surface area contributed by atoms with Crippen LogP contribution in [0.5, 0.6) is 0 Å². The molecular formula is C28H48N4O3S. The van der Waals surface area contributed by atoms with Gasteiger partial charge in [-0.05, 0) is 68.4 Å². The highest BCUT2D eigenvalue weighted by molar-refractivity contribution is 7.99. The third-order valence-electron chi connectivity index (χ3n) is 6.72. The minimum Gasteiger partial charge on any atom is -0.368 e. The maximum absolute atomic E-state index is 12.9. The summed E-state index contributed by atoms with van der Waals surface area (Å²) in [5, 5.41) is 5.60. The largest absolute Gasteiger partial charge is 0.368 e. The van der Waals surface area contributed by atoms with Crippen LogP contribution in [0.15, 0.2) is 24.3 Å². The van der Waals surface area contributed by atoms with Gasteiger partial charge in [0.1, 0.15) is 12.1 Å². The number of likely N-dealkylation sites (N-methyl/N-ethyl adjacent to an activating group) is 1. The zero-order chi connectivity index (χ0) is 27.5. The van der Waals surface area contributed by atoms with Crippen LogP contribution in [0.3, 0.4) is 0 Å². The summed E-state index contributed by atoms with van der Waals surface area (Å²) in [4.78, 5) is 38.6. The summed E-state index contributed by atoms with van der Waals surface area (Å²) in [6, 6.07) is 7.12. The van der Waals surface area contributed by atoms with Crippen LogP contribution >= 0.6 is 11.8 Å². The molecule has 3 aliphatic rings. The van der Waals surface area contributed by atoms with Crippen molar-refractivity contribution in [1.82, 2.24) is 15.5 Å². The lowest BCUT2D eigenvalue weighted by Gasteiger charge is -2.32. The molecule has 3 amide bonds. The van der Waals surface area contributed by atoms with Gasteiger partial charge in [-0.2, -0.15) is 0 Å². The van der Waals surface area contributed by atoms with Gasteiger partial charge in [0.2, 0.25) is 17.7 Å². The molecule has 36 heavy (non-hydrogen) atoms. The molecule has 0 aromatic heterocycles. The molecule has 0 spiro atoms. The number of rotatable bonds is 4. The molecule has 0 saturated carbocycles. The van der Waals surface area contributed by atoms with Gasteiger partial charge in [0.05, 0.1) is 11.4 Å². The highest BCUT2D eigenvalue weighted by Crippen LogP contribution is 2.45. The van der Waals surface area contributed by atoms with E-state index in [4.69, 9.17) is 5.73 Å². The third kappa shape index (κ3) is 7.97. The first-order chi connectivity index (χ1) is 17.2. The lowest BCUT2D eigenvalue weighted by atomic mass is 9.84. The Labute approximate surface area is 222 Å². The molecule has 2 unspecified atom stereocenters. The second-order valence-electron chi connectivity index (χ2n) is 9.55. The first-order valence-corrected chi connectivity index (χ1v) is 14.5. The Kier molecular flexibility index (Phi) is 13.5. The summed E-state index contributed by atoms with van der Waals surface area (Å²) in [6.45, 7) is 13.7. The Hall–Kier alpha value is -2.06. The highest BCUT2D eigenvalue weighted by atomic mass is 32.2. The van der Waals surface area contributed by atoms with E-state index in [1.54, 1.807) is 41.8 Å². The van der Waals surface area contributed by atoms with Crippen LogP contribution in [0.2, 0.25) is 0 Å². The van der Waals surface area contributed by atoms with E-state index in [-0.39, 0.29) is 28.6 Å². The van der Waals surface area contributed by atoms with Crippen molar-refractivity contribution in [1.29, 1.82) is 0 Å². The van der Waals surface area contributed by atoms with Crippen molar-refractivity contribution in [3.63, 3.8) is 0 Å². The van der Waals surface area contributed by atoms with Gasteiger partial charge in [-0.25, -0.2) is 0 Å². The van der Waals surface area contributed by atoms with Gasteiger partial charge in [0, 0.05) is 0 Å². The van der Waals surface area contributed by atoms with E-state index in [2.05, 4.69) is 34.9 Å². The van der Waals surface area contributed by atoms with E-state index in [1.165, 1.54) is 19.3 Å². The van der Waals surface area contributed by atoms with E-state index in [1.807, 2.05) is 41.5 Å². The predicted molar refractivity (Wildman–Crippen MR) is 151 cm³/mol. The van der Waals surface area contributed by atoms with Crippen molar-refractivity contribution in [2.45, 2.75) is 104 Å². The smallest absolute Gasteiger partial charge is 0.246 e. The molecule has 1 aliphatic carbocycles. The number of primary amides is 1. The molecule has 4 atom stereocenters. The van der Waals surface area contributed by atoms with Crippen LogP contribution in [0.25, 0.3) is 0 Å². The Morgan fingerprint density at radius 2 is 1.67 bits per heavy atom. The number of carbonyl (C=O) groups excluding carboxylic acids is 3. The number of hydrogen-bond acceptors (Lipinski definition) is 5. The van der Waals surface area contributed by atoms with Crippen LogP contribution in [0.4, 0.5) is 0 Å². The van der Waals surface area contributed by atoms with E-state index >= 15 is 0 Å². The Morgan fingerprint density at radius 1 is 1.11 bits per heavy atom. The quantitative estimate of drug-likeness (QED) is 0.559. The summed E-state index contributed by atoms with van der Waals surface area (Å²) in [7, 11) is 1.69. The summed E-state index contributed by atoms with van der Waals surface area (Å²) in [5.74, 6) is -0.149. The first-order valence-electron chi connectivity index (χ1n) is 13.4.